The van der Waals surface area contributed by atoms with E-state index in [1.54, 1.807) is 12.1 Å². The average molecular weight is 953 g/mol. The molecular weight excluding hydrogens is 904 g/mol. The number of anilines is 3. The number of hydrogen-bond donors (Lipinski definition) is 0. The second-order valence-electron chi connectivity index (χ2n) is 20.2. The molecule has 0 radical (unpaired) electrons. The van der Waals surface area contributed by atoms with E-state index in [4.69, 9.17) is 0 Å². The molecule has 13 aromatic rings. The smallest absolute Gasteiger partial charge is 0.179 e. The summed E-state index contributed by atoms with van der Waals surface area (Å²) < 4.78 is 17.0. The van der Waals surface area contributed by atoms with Crippen LogP contribution < -0.4 is 25.6 Å². The van der Waals surface area contributed by atoms with Crippen LogP contribution >= 0.6 is 0 Å². The second-order valence-corrected chi connectivity index (χ2v) is 24.0. The largest absolute Gasteiger partial charge is 0.310 e. The van der Waals surface area contributed by atoms with Gasteiger partial charge in [0.15, 0.2) is 8.07 Å². The molecule has 1 aliphatic carbocycles. The Labute approximate surface area is 425 Å². The minimum Gasteiger partial charge on any atom is -0.310 e. The summed E-state index contributed by atoms with van der Waals surface area (Å²) >= 11 is 0. The van der Waals surface area contributed by atoms with Crippen molar-refractivity contribution in [2.75, 3.05) is 4.90 Å². The number of rotatable bonds is 9. The van der Waals surface area contributed by atoms with E-state index in [2.05, 4.69) is 260 Å². The molecule has 2 nitrogen and oxygen atoms in total. The average Bonchev–Trinajstić information content (AvgIpc) is 3.92. The monoisotopic (exact) mass is 952 g/mol. The van der Waals surface area contributed by atoms with Crippen LogP contribution in [0.3, 0.4) is 0 Å². The lowest BCUT2D eigenvalue weighted by molar-refractivity contribution is 0.627. The van der Waals surface area contributed by atoms with Gasteiger partial charge in [0.2, 0.25) is 0 Å². The molecule has 0 spiro atoms. The lowest BCUT2D eigenvalue weighted by atomic mass is 9.80. The highest BCUT2D eigenvalue weighted by Gasteiger charge is 2.42. The van der Waals surface area contributed by atoms with Crippen molar-refractivity contribution in [1.82, 2.24) is 4.57 Å². The summed E-state index contributed by atoms with van der Waals surface area (Å²) in [5, 5.41) is 15.1. The number of aromatic nitrogens is 1. The van der Waals surface area contributed by atoms with Gasteiger partial charge in [-0.05, 0) is 149 Å². The van der Waals surface area contributed by atoms with Gasteiger partial charge < -0.3 is 9.47 Å². The van der Waals surface area contributed by atoms with Crippen LogP contribution in [0.4, 0.5) is 21.5 Å². The van der Waals surface area contributed by atoms with Crippen molar-refractivity contribution in [3.05, 3.63) is 278 Å². The highest BCUT2D eigenvalue weighted by Crippen LogP contribution is 2.53. The SMILES string of the molecule is CC1(C)c2cc(-c3ccccc3)cc3ccc4cc(N(c5ccc6c(c5)c5cc([Si](c7ccccc7)(c7ccccc7)c7ccccc7)ccc5n6-c5ccc(F)cc5)c5cccc6ccccc56)cc1c4c23. The van der Waals surface area contributed by atoms with E-state index in [1.165, 1.54) is 75.3 Å². The van der Waals surface area contributed by atoms with Gasteiger partial charge in [-0.1, -0.05) is 196 Å². The molecule has 1 aromatic heterocycles. The minimum atomic E-state index is -2.91. The van der Waals surface area contributed by atoms with Crippen molar-refractivity contribution >= 4 is 100 Å². The molecule has 0 amide bonds. The predicted octanol–water partition coefficient (Wildman–Crippen LogP) is 15.5. The molecule has 0 unspecified atom stereocenters. The van der Waals surface area contributed by atoms with Gasteiger partial charge in [-0.2, -0.15) is 0 Å². The van der Waals surface area contributed by atoms with E-state index in [-0.39, 0.29) is 11.2 Å². The molecule has 346 valence electrons. The quantitative estimate of drug-likeness (QED) is 0.0795. The maximum atomic E-state index is 14.7. The lowest BCUT2D eigenvalue weighted by Gasteiger charge is -2.34. The van der Waals surface area contributed by atoms with Gasteiger partial charge in [-0.15, -0.1) is 0 Å². The number of fused-ring (bicyclic) bond motifs is 4. The van der Waals surface area contributed by atoms with Crippen LogP contribution in [0.5, 0.6) is 0 Å². The van der Waals surface area contributed by atoms with E-state index in [0.29, 0.717) is 0 Å². The van der Waals surface area contributed by atoms with Crippen LogP contribution in [0.25, 0.3) is 70.9 Å². The zero-order valence-electron chi connectivity index (χ0n) is 40.6. The van der Waals surface area contributed by atoms with Crippen LogP contribution in [0, 0.1) is 5.82 Å². The first kappa shape index (κ1) is 43.0. The first-order valence-electron chi connectivity index (χ1n) is 25.3. The normalized spacial score (nSPS) is 13.0. The molecule has 0 atom stereocenters. The summed E-state index contributed by atoms with van der Waals surface area (Å²) in [6.45, 7) is 4.80. The number of benzene rings is 12. The maximum Gasteiger partial charge on any atom is 0.179 e. The lowest BCUT2D eigenvalue weighted by Crippen LogP contribution is -2.74. The Morgan fingerprint density at radius 1 is 0.384 bits per heavy atom. The third-order valence-corrected chi connectivity index (χ3v) is 20.7. The van der Waals surface area contributed by atoms with Crippen LogP contribution in [-0.4, -0.2) is 12.6 Å². The highest BCUT2D eigenvalue weighted by atomic mass is 28.3. The van der Waals surface area contributed by atoms with Gasteiger partial charge >= 0.3 is 0 Å². The van der Waals surface area contributed by atoms with Gasteiger partial charge in [-0.25, -0.2) is 4.39 Å². The molecule has 73 heavy (non-hydrogen) atoms. The van der Waals surface area contributed by atoms with E-state index in [0.717, 1.165) is 44.6 Å². The Hall–Kier alpha value is -8.83. The first-order valence-corrected chi connectivity index (χ1v) is 27.3. The zero-order chi connectivity index (χ0) is 48.8. The third-order valence-electron chi connectivity index (χ3n) is 15.9. The summed E-state index contributed by atoms with van der Waals surface area (Å²) in [5.41, 5.74) is 11.2. The molecule has 0 saturated heterocycles. The van der Waals surface area contributed by atoms with Crippen LogP contribution in [0.2, 0.25) is 0 Å². The Bertz CT molecular complexity index is 4180. The molecule has 0 bridgehead atoms. The first-order chi connectivity index (χ1) is 35.9. The minimum absolute atomic E-state index is 0.258. The molecule has 0 aliphatic heterocycles. The number of hydrogen-bond acceptors (Lipinski definition) is 1. The Kier molecular flexibility index (Phi) is 9.79. The highest BCUT2D eigenvalue weighted by molar-refractivity contribution is 7.20. The molecule has 14 rings (SSSR count). The van der Waals surface area contributed by atoms with Crippen molar-refractivity contribution in [3.8, 4) is 16.8 Å². The summed E-state index contributed by atoms with van der Waals surface area (Å²) in [6, 6.07) is 94.9. The molecule has 1 aliphatic rings. The van der Waals surface area contributed by atoms with Crippen molar-refractivity contribution < 1.29 is 4.39 Å². The van der Waals surface area contributed by atoms with Crippen molar-refractivity contribution in [3.63, 3.8) is 0 Å². The van der Waals surface area contributed by atoms with Gasteiger partial charge in [0.05, 0.1) is 16.7 Å². The zero-order valence-corrected chi connectivity index (χ0v) is 41.6. The second kappa shape index (κ2) is 16.6. The van der Waals surface area contributed by atoms with Crippen LogP contribution in [-0.2, 0) is 5.41 Å². The van der Waals surface area contributed by atoms with E-state index in [9.17, 15) is 4.39 Å². The molecule has 0 saturated carbocycles. The summed E-state index contributed by atoms with van der Waals surface area (Å²) in [7, 11) is -2.91. The van der Waals surface area contributed by atoms with Gasteiger partial charge in [0.25, 0.3) is 0 Å². The Balaban J connectivity index is 1.04. The molecule has 0 N–H and O–H groups in total. The summed E-state index contributed by atoms with van der Waals surface area (Å²) in [5.74, 6) is -0.258. The molecule has 1 heterocycles. The summed E-state index contributed by atoms with van der Waals surface area (Å²) in [4.78, 5) is 2.48. The Morgan fingerprint density at radius 3 is 1.59 bits per heavy atom. The third kappa shape index (κ3) is 6.60. The fourth-order valence-electron chi connectivity index (χ4n) is 12.5. The predicted molar refractivity (Wildman–Crippen MR) is 309 cm³/mol. The number of nitrogens with zero attached hydrogens (tertiary/aromatic N) is 2. The Morgan fingerprint density at radius 2 is 0.932 bits per heavy atom. The van der Waals surface area contributed by atoms with E-state index < -0.39 is 8.07 Å². The molecular formula is C69H49FN2Si. The van der Waals surface area contributed by atoms with Gasteiger partial charge in [-0.3, -0.25) is 0 Å². The fraction of sp³-hybridized carbons (Fsp3) is 0.0435. The molecule has 0 fully saturated rings. The maximum absolute atomic E-state index is 14.7. The standard InChI is InChI=1S/C69H49FN2Si/c1-69(2)62-42-50(46-18-7-3-8-19-46)40-48-30-31-49-41-54(44-63(69)68(49)67(48)62)71(64-29-17-21-47-20-15-16-28-59(47)64)53-36-38-65-60(43-53)61-45-58(37-39-66(61)72(65)52-34-32-51(70)33-35-52)73(55-22-9-4-10-23-55,56-24-11-5-12-25-56)57-26-13-6-14-27-57/h3-45H,1-2H3. The van der Waals surface area contributed by atoms with Crippen molar-refractivity contribution in [1.29, 1.82) is 0 Å². The molecule has 12 aromatic carbocycles. The summed E-state index contributed by atoms with van der Waals surface area (Å²) in [6.07, 6.45) is 0. The van der Waals surface area contributed by atoms with Crippen molar-refractivity contribution in [2.45, 2.75) is 19.3 Å². The fourth-order valence-corrected chi connectivity index (χ4v) is 17.3. The van der Waals surface area contributed by atoms with Crippen LogP contribution in [0.15, 0.2) is 261 Å². The number of halogens is 1. The van der Waals surface area contributed by atoms with Gasteiger partial charge in [0, 0.05) is 38.6 Å². The van der Waals surface area contributed by atoms with Crippen molar-refractivity contribution in [2.24, 2.45) is 0 Å². The van der Waals surface area contributed by atoms with E-state index >= 15 is 0 Å². The van der Waals surface area contributed by atoms with Crippen LogP contribution in [0.1, 0.15) is 25.0 Å². The van der Waals surface area contributed by atoms with E-state index in [1.807, 2.05) is 12.1 Å². The molecule has 4 heteroatoms. The topological polar surface area (TPSA) is 8.17 Å². The van der Waals surface area contributed by atoms with Gasteiger partial charge in [0.1, 0.15) is 5.82 Å².